The number of rotatable bonds is 7. The van der Waals surface area contributed by atoms with E-state index in [1.54, 1.807) is 18.2 Å². The molecule has 0 radical (unpaired) electrons. The maximum atomic E-state index is 12.5. The molecule has 0 aromatic heterocycles. The zero-order chi connectivity index (χ0) is 14.5. The summed E-state index contributed by atoms with van der Waals surface area (Å²) in [6.45, 7) is 4.87. The summed E-state index contributed by atoms with van der Waals surface area (Å²) in [5, 5.41) is 0. The number of hydrogen-bond acceptors (Lipinski definition) is 3. The Kier molecular flexibility index (Phi) is 5.90. The highest BCUT2D eigenvalue weighted by molar-refractivity contribution is 7.89. The Bertz CT molecular complexity index is 541. The van der Waals surface area contributed by atoms with Crippen molar-refractivity contribution in [2.45, 2.75) is 31.6 Å². The minimum atomic E-state index is -3.46. The minimum Gasteiger partial charge on any atom is -0.389 e. The fourth-order valence-electron chi connectivity index (χ4n) is 1.74. The average molecular weight is 300 g/mol. The van der Waals surface area contributed by atoms with Crippen LogP contribution in [0.4, 0.5) is 0 Å². The number of hydrogen-bond donors (Lipinski definition) is 1. The van der Waals surface area contributed by atoms with Gasteiger partial charge in [-0.3, -0.25) is 0 Å². The molecule has 0 atom stereocenters. The number of nitrogens with two attached hydrogens (primary N) is 1. The van der Waals surface area contributed by atoms with Gasteiger partial charge in [-0.05, 0) is 18.6 Å². The van der Waals surface area contributed by atoms with E-state index in [2.05, 4.69) is 0 Å². The summed E-state index contributed by atoms with van der Waals surface area (Å²) in [6, 6.07) is 6.48. The van der Waals surface area contributed by atoms with Crippen LogP contribution in [0.25, 0.3) is 0 Å². The predicted octanol–water partition coefficient (Wildman–Crippen LogP) is 2.13. The fourth-order valence-corrected chi connectivity index (χ4v) is 3.40. The average Bonchev–Trinajstić information content (AvgIpc) is 2.39. The first-order chi connectivity index (χ1) is 8.93. The lowest BCUT2D eigenvalue weighted by Crippen LogP contribution is -2.32. The lowest BCUT2D eigenvalue weighted by Gasteiger charge is -2.20. The van der Waals surface area contributed by atoms with Crippen molar-refractivity contribution in [3.05, 3.63) is 29.8 Å². The number of nitrogens with zero attached hydrogens (tertiary/aromatic N) is 1. The Morgan fingerprint density at radius 1 is 1.37 bits per heavy atom. The van der Waals surface area contributed by atoms with Gasteiger partial charge in [-0.2, -0.15) is 4.31 Å². The first kappa shape index (κ1) is 16.1. The van der Waals surface area contributed by atoms with Crippen molar-refractivity contribution in [1.29, 1.82) is 0 Å². The lowest BCUT2D eigenvalue weighted by molar-refractivity contribution is 0.419. The molecule has 0 amide bonds. The highest BCUT2D eigenvalue weighted by Gasteiger charge is 2.22. The maximum Gasteiger partial charge on any atom is 0.243 e. The van der Waals surface area contributed by atoms with Crippen LogP contribution in [0.1, 0.15) is 32.3 Å². The third-order valence-electron chi connectivity index (χ3n) is 2.87. The summed E-state index contributed by atoms with van der Waals surface area (Å²) < 4.78 is 26.5. The zero-order valence-corrected chi connectivity index (χ0v) is 12.9. The molecular formula is C13H20N2O2S2. The van der Waals surface area contributed by atoms with E-state index in [9.17, 15) is 8.42 Å². The van der Waals surface area contributed by atoms with Gasteiger partial charge in [-0.1, -0.05) is 44.6 Å². The molecule has 2 N–H and O–H groups in total. The highest BCUT2D eigenvalue weighted by Crippen LogP contribution is 2.17. The van der Waals surface area contributed by atoms with Gasteiger partial charge in [-0.25, -0.2) is 8.42 Å². The smallest absolute Gasteiger partial charge is 0.243 e. The Balaban J connectivity index is 3.11. The van der Waals surface area contributed by atoms with E-state index >= 15 is 0 Å². The van der Waals surface area contributed by atoms with E-state index in [1.165, 1.54) is 10.4 Å². The van der Waals surface area contributed by atoms with Crippen LogP contribution in [0.15, 0.2) is 29.2 Å². The fraction of sp³-hybridized carbons (Fsp3) is 0.462. The molecule has 0 bridgehead atoms. The van der Waals surface area contributed by atoms with E-state index in [0.29, 0.717) is 18.7 Å². The van der Waals surface area contributed by atoms with Gasteiger partial charge in [0.15, 0.2) is 0 Å². The molecule has 0 fully saturated rings. The summed E-state index contributed by atoms with van der Waals surface area (Å²) >= 11 is 4.88. The van der Waals surface area contributed by atoms with Gasteiger partial charge < -0.3 is 5.73 Å². The summed E-state index contributed by atoms with van der Waals surface area (Å²) in [5.41, 5.74) is 6.11. The van der Waals surface area contributed by atoms with Gasteiger partial charge in [-0.15, -0.1) is 0 Å². The van der Waals surface area contributed by atoms with Crippen molar-refractivity contribution in [2.24, 2.45) is 5.73 Å². The Labute approximate surface area is 120 Å². The van der Waals surface area contributed by atoms with Crippen molar-refractivity contribution in [3.8, 4) is 0 Å². The molecule has 0 saturated heterocycles. The van der Waals surface area contributed by atoms with Crippen molar-refractivity contribution >= 4 is 27.2 Å². The molecule has 0 aliphatic carbocycles. The van der Waals surface area contributed by atoms with Crippen LogP contribution < -0.4 is 5.73 Å². The standard InChI is InChI=1S/C13H20N2O2S2/c1-3-5-9-15(4-2)19(16,17)12-8-6-7-11(10-12)13(14)18/h6-8,10H,3-5,9H2,1-2H3,(H2,14,18). The monoisotopic (exact) mass is 300 g/mol. The largest absolute Gasteiger partial charge is 0.389 e. The molecular weight excluding hydrogens is 280 g/mol. The van der Waals surface area contributed by atoms with Crippen LogP contribution >= 0.6 is 12.2 Å². The quantitative estimate of drug-likeness (QED) is 0.784. The second kappa shape index (κ2) is 6.98. The Morgan fingerprint density at radius 2 is 2.05 bits per heavy atom. The highest BCUT2D eigenvalue weighted by atomic mass is 32.2. The van der Waals surface area contributed by atoms with Crippen molar-refractivity contribution in [3.63, 3.8) is 0 Å². The minimum absolute atomic E-state index is 0.202. The zero-order valence-electron chi connectivity index (χ0n) is 11.3. The van der Waals surface area contributed by atoms with Gasteiger partial charge in [0.1, 0.15) is 4.99 Å². The second-order valence-corrected chi connectivity index (χ2v) is 6.62. The molecule has 0 aliphatic heterocycles. The van der Waals surface area contributed by atoms with Crippen molar-refractivity contribution < 1.29 is 8.42 Å². The molecule has 0 aliphatic rings. The topological polar surface area (TPSA) is 63.4 Å². The molecule has 19 heavy (non-hydrogen) atoms. The summed E-state index contributed by atoms with van der Waals surface area (Å²) in [7, 11) is -3.46. The van der Waals surface area contributed by atoms with Crippen LogP contribution in [0, 0.1) is 0 Å². The predicted molar refractivity (Wildman–Crippen MR) is 81.7 cm³/mol. The number of benzene rings is 1. The second-order valence-electron chi connectivity index (χ2n) is 4.24. The molecule has 0 unspecified atom stereocenters. The van der Waals surface area contributed by atoms with E-state index in [-0.39, 0.29) is 9.88 Å². The van der Waals surface area contributed by atoms with E-state index < -0.39 is 10.0 Å². The maximum absolute atomic E-state index is 12.5. The molecule has 1 aromatic carbocycles. The summed E-state index contributed by atoms with van der Waals surface area (Å²) in [5.74, 6) is 0. The van der Waals surface area contributed by atoms with Crippen molar-refractivity contribution in [1.82, 2.24) is 4.31 Å². The van der Waals surface area contributed by atoms with Gasteiger partial charge in [0, 0.05) is 18.7 Å². The SMILES string of the molecule is CCCCN(CC)S(=O)(=O)c1cccc(C(N)=S)c1. The first-order valence-corrected chi connectivity index (χ1v) is 8.18. The molecule has 4 nitrogen and oxygen atoms in total. The summed E-state index contributed by atoms with van der Waals surface area (Å²) in [4.78, 5) is 0.449. The van der Waals surface area contributed by atoms with E-state index in [1.807, 2.05) is 13.8 Å². The van der Waals surface area contributed by atoms with Gasteiger partial charge in [0.25, 0.3) is 0 Å². The molecule has 1 rings (SSSR count). The molecule has 0 saturated carbocycles. The van der Waals surface area contributed by atoms with Crippen LogP contribution in [-0.2, 0) is 10.0 Å². The normalized spacial score (nSPS) is 11.7. The van der Waals surface area contributed by atoms with Crippen LogP contribution in [0.5, 0.6) is 0 Å². The number of sulfonamides is 1. The van der Waals surface area contributed by atoms with Crippen LogP contribution in [-0.4, -0.2) is 30.8 Å². The number of thiocarbonyl (C=S) groups is 1. The lowest BCUT2D eigenvalue weighted by atomic mass is 10.2. The molecule has 6 heteroatoms. The van der Waals surface area contributed by atoms with Crippen LogP contribution in [0.2, 0.25) is 0 Å². The molecule has 106 valence electrons. The van der Waals surface area contributed by atoms with E-state index in [4.69, 9.17) is 18.0 Å². The van der Waals surface area contributed by atoms with Gasteiger partial charge in [0.05, 0.1) is 4.90 Å². The Hall–Kier alpha value is -0.980. The Morgan fingerprint density at radius 3 is 2.58 bits per heavy atom. The third kappa shape index (κ3) is 3.99. The first-order valence-electron chi connectivity index (χ1n) is 6.33. The summed E-state index contributed by atoms with van der Waals surface area (Å²) in [6.07, 6.45) is 1.81. The van der Waals surface area contributed by atoms with Crippen LogP contribution in [0.3, 0.4) is 0 Å². The molecule has 0 spiro atoms. The molecule has 1 aromatic rings. The van der Waals surface area contributed by atoms with Gasteiger partial charge >= 0.3 is 0 Å². The van der Waals surface area contributed by atoms with Crippen molar-refractivity contribution in [2.75, 3.05) is 13.1 Å². The molecule has 0 heterocycles. The number of unbranched alkanes of at least 4 members (excludes halogenated alkanes) is 1. The third-order valence-corrected chi connectivity index (χ3v) is 5.08. The van der Waals surface area contributed by atoms with E-state index in [0.717, 1.165) is 12.8 Å². The van der Waals surface area contributed by atoms with Gasteiger partial charge in [0.2, 0.25) is 10.0 Å².